The van der Waals surface area contributed by atoms with Gasteiger partial charge in [0.25, 0.3) is 5.91 Å². The number of carbonyl (C=O) groups excluding carboxylic acids is 1. The van der Waals surface area contributed by atoms with Gasteiger partial charge in [-0.15, -0.1) is 0 Å². The van der Waals surface area contributed by atoms with Crippen LogP contribution in [0, 0.1) is 0 Å². The number of hydrogen-bond donors (Lipinski definition) is 1. The van der Waals surface area contributed by atoms with E-state index in [0.29, 0.717) is 24.6 Å². The second kappa shape index (κ2) is 4.93. The van der Waals surface area contributed by atoms with Gasteiger partial charge < -0.3 is 14.7 Å². The van der Waals surface area contributed by atoms with Crippen molar-refractivity contribution in [2.24, 2.45) is 7.05 Å². The van der Waals surface area contributed by atoms with E-state index < -0.39 is 5.97 Å². The van der Waals surface area contributed by atoms with Crippen LogP contribution in [-0.2, 0) is 7.05 Å². The molecule has 0 radical (unpaired) electrons. The van der Waals surface area contributed by atoms with Crippen LogP contribution in [0.4, 0.5) is 5.69 Å². The van der Waals surface area contributed by atoms with Gasteiger partial charge in [-0.05, 0) is 12.1 Å². The maximum absolute atomic E-state index is 12.6. The number of carboxylic acid groups (broad SMARTS) is 1. The number of amides is 1. The van der Waals surface area contributed by atoms with Crippen LogP contribution in [0.2, 0.25) is 0 Å². The van der Waals surface area contributed by atoms with Gasteiger partial charge in [-0.3, -0.25) is 9.48 Å². The summed E-state index contributed by atoms with van der Waals surface area (Å²) < 4.78 is 6.78. The third-order valence-corrected chi connectivity index (χ3v) is 3.29. The molecule has 7 heteroatoms. The Morgan fingerprint density at radius 3 is 2.81 bits per heavy atom. The van der Waals surface area contributed by atoms with Crippen LogP contribution in [0.25, 0.3) is 0 Å². The fraction of sp³-hybridized carbons (Fsp3) is 0.214. The van der Waals surface area contributed by atoms with Crippen molar-refractivity contribution in [3.05, 3.63) is 41.7 Å². The highest BCUT2D eigenvalue weighted by Gasteiger charge is 2.27. The van der Waals surface area contributed by atoms with Crippen molar-refractivity contribution in [2.45, 2.75) is 0 Å². The van der Waals surface area contributed by atoms with E-state index in [1.54, 1.807) is 24.1 Å². The minimum atomic E-state index is -1.16. The van der Waals surface area contributed by atoms with E-state index in [2.05, 4.69) is 5.10 Å². The number of rotatable bonds is 2. The molecule has 3 rings (SSSR count). The summed E-state index contributed by atoms with van der Waals surface area (Å²) in [7, 11) is 1.55. The number of nitrogens with zero attached hydrogens (tertiary/aromatic N) is 3. The van der Waals surface area contributed by atoms with E-state index in [1.807, 2.05) is 12.1 Å². The SMILES string of the molecule is Cn1nc(C(=O)O)cc1C(=O)N1CCOc2ccccc21. The molecular weight excluding hydrogens is 274 g/mol. The molecule has 1 aromatic carbocycles. The minimum absolute atomic E-state index is 0.151. The van der Waals surface area contributed by atoms with Crippen molar-refractivity contribution in [3.63, 3.8) is 0 Å². The monoisotopic (exact) mass is 287 g/mol. The van der Waals surface area contributed by atoms with Gasteiger partial charge in [-0.1, -0.05) is 12.1 Å². The Bertz CT molecular complexity index is 723. The molecule has 0 saturated heterocycles. The fourth-order valence-corrected chi connectivity index (χ4v) is 2.29. The molecule has 1 amide bonds. The summed E-state index contributed by atoms with van der Waals surface area (Å²) in [5.41, 5.74) is 0.748. The molecule has 0 atom stereocenters. The number of aryl methyl sites for hydroxylation is 1. The molecular formula is C14H13N3O4. The van der Waals surface area contributed by atoms with Crippen molar-refractivity contribution in [1.29, 1.82) is 0 Å². The van der Waals surface area contributed by atoms with Crippen LogP contribution < -0.4 is 9.64 Å². The first-order valence-corrected chi connectivity index (χ1v) is 6.39. The lowest BCUT2D eigenvalue weighted by Crippen LogP contribution is -2.38. The van der Waals surface area contributed by atoms with Crippen LogP contribution in [0.5, 0.6) is 5.75 Å². The topological polar surface area (TPSA) is 84.7 Å². The van der Waals surface area contributed by atoms with Crippen molar-refractivity contribution in [3.8, 4) is 5.75 Å². The van der Waals surface area contributed by atoms with E-state index in [1.165, 1.54) is 10.7 Å². The standard InChI is InChI=1S/C14H13N3O4/c1-16-11(8-9(15-16)14(19)20)13(18)17-6-7-21-12-5-3-2-4-10(12)17/h2-5,8H,6-7H2,1H3,(H,19,20). The average molecular weight is 287 g/mol. The second-order valence-corrected chi connectivity index (χ2v) is 4.62. The lowest BCUT2D eigenvalue weighted by atomic mass is 10.2. The fourth-order valence-electron chi connectivity index (χ4n) is 2.29. The number of aromatic nitrogens is 2. The molecule has 0 bridgehead atoms. The largest absolute Gasteiger partial charge is 0.490 e. The molecule has 2 heterocycles. The molecule has 7 nitrogen and oxygen atoms in total. The molecule has 21 heavy (non-hydrogen) atoms. The quantitative estimate of drug-likeness (QED) is 0.895. The molecule has 2 aromatic rings. The Morgan fingerprint density at radius 2 is 2.10 bits per heavy atom. The number of hydrogen-bond acceptors (Lipinski definition) is 4. The molecule has 0 fully saturated rings. The van der Waals surface area contributed by atoms with Crippen LogP contribution in [0.15, 0.2) is 30.3 Å². The number of anilines is 1. The van der Waals surface area contributed by atoms with Crippen LogP contribution in [0.1, 0.15) is 21.0 Å². The summed E-state index contributed by atoms with van der Waals surface area (Å²) in [6.45, 7) is 0.801. The number of carbonyl (C=O) groups is 2. The highest BCUT2D eigenvalue weighted by molar-refractivity contribution is 6.07. The minimum Gasteiger partial charge on any atom is -0.490 e. The van der Waals surface area contributed by atoms with E-state index >= 15 is 0 Å². The van der Waals surface area contributed by atoms with Crippen molar-refractivity contribution >= 4 is 17.6 Å². The summed E-state index contributed by atoms with van der Waals surface area (Å²) >= 11 is 0. The molecule has 0 unspecified atom stereocenters. The number of para-hydroxylation sites is 2. The molecule has 1 aliphatic heterocycles. The summed E-state index contributed by atoms with van der Waals surface area (Å²) in [6.07, 6.45) is 0. The lowest BCUT2D eigenvalue weighted by Gasteiger charge is -2.29. The number of benzene rings is 1. The van der Waals surface area contributed by atoms with Gasteiger partial charge in [-0.25, -0.2) is 4.79 Å². The normalized spacial score (nSPS) is 13.5. The van der Waals surface area contributed by atoms with Gasteiger partial charge >= 0.3 is 5.97 Å². The van der Waals surface area contributed by atoms with Gasteiger partial charge in [0.05, 0.1) is 12.2 Å². The highest BCUT2D eigenvalue weighted by Crippen LogP contribution is 2.31. The zero-order chi connectivity index (χ0) is 15.0. The molecule has 1 N–H and O–H groups in total. The second-order valence-electron chi connectivity index (χ2n) is 4.62. The Kier molecular flexibility index (Phi) is 3.09. The van der Waals surface area contributed by atoms with Gasteiger partial charge in [0.2, 0.25) is 0 Å². The Hall–Kier alpha value is -2.83. The first kappa shape index (κ1) is 13.2. The summed E-state index contributed by atoms with van der Waals surface area (Å²) in [4.78, 5) is 25.1. The average Bonchev–Trinajstić information content (AvgIpc) is 2.88. The summed E-state index contributed by atoms with van der Waals surface area (Å²) in [6, 6.07) is 8.52. The van der Waals surface area contributed by atoms with Crippen molar-refractivity contribution in [1.82, 2.24) is 9.78 Å². The van der Waals surface area contributed by atoms with Crippen LogP contribution in [0.3, 0.4) is 0 Å². The predicted octanol–water partition coefficient (Wildman–Crippen LogP) is 1.16. The first-order chi connectivity index (χ1) is 10.1. The molecule has 0 spiro atoms. The van der Waals surface area contributed by atoms with Gasteiger partial charge in [0, 0.05) is 13.1 Å². The van der Waals surface area contributed by atoms with Crippen LogP contribution in [-0.4, -0.2) is 39.9 Å². The number of fused-ring (bicyclic) bond motifs is 1. The van der Waals surface area contributed by atoms with E-state index in [9.17, 15) is 9.59 Å². The predicted molar refractivity (Wildman–Crippen MR) is 73.8 cm³/mol. The third-order valence-electron chi connectivity index (χ3n) is 3.29. The summed E-state index contributed by atoms with van der Waals surface area (Å²) in [5, 5.41) is 12.8. The maximum Gasteiger partial charge on any atom is 0.356 e. The Balaban J connectivity index is 1.98. The Morgan fingerprint density at radius 1 is 1.33 bits per heavy atom. The zero-order valence-electron chi connectivity index (χ0n) is 11.3. The molecule has 1 aromatic heterocycles. The van der Waals surface area contributed by atoms with Gasteiger partial charge in [-0.2, -0.15) is 5.10 Å². The van der Waals surface area contributed by atoms with Gasteiger partial charge in [0.15, 0.2) is 5.69 Å². The van der Waals surface area contributed by atoms with Crippen molar-refractivity contribution in [2.75, 3.05) is 18.1 Å². The van der Waals surface area contributed by atoms with E-state index in [-0.39, 0.29) is 17.3 Å². The zero-order valence-corrected chi connectivity index (χ0v) is 11.3. The van der Waals surface area contributed by atoms with Gasteiger partial charge in [0.1, 0.15) is 18.1 Å². The molecule has 0 aliphatic carbocycles. The third kappa shape index (κ3) is 2.22. The number of carboxylic acids is 1. The van der Waals surface area contributed by atoms with E-state index in [4.69, 9.17) is 9.84 Å². The smallest absolute Gasteiger partial charge is 0.356 e. The first-order valence-electron chi connectivity index (χ1n) is 6.39. The van der Waals surface area contributed by atoms with Crippen molar-refractivity contribution < 1.29 is 19.4 Å². The molecule has 0 saturated carbocycles. The number of ether oxygens (including phenoxy) is 1. The lowest BCUT2D eigenvalue weighted by molar-refractivity contribution is 0.0689. The summed E-state index contributed by atoms with van der Waals surface area (Å²) in [5.74, 6) is -0.821. The number of aromatic carboxylic acids is 1. The van der Waals surface area contributed by atoms with E-state index in [0.717, 1.165) is 0 Å². The van der Waals surface area contributed by atoms with Crippen LogP contribution >= 0.6 is 0 Å². The Labute approximate surface area is 120 Å². The highest BCUT2D eigenvalue weighted by atomic mass is 16.5. The molecule has 108 valence electrons. The molecule has 1 aliphatic rings. The maximum atomic E-state index is 12.6.